The summed E-state index contributed by atoms with van der Waals surface area (Å²) in [5.41, 5.74) is 0. The van der Waals surface area contributed by atoms with Crippen molar-refractivity contribution in [3.05, 3.63) is 18.6 Å². The van der Waals surface area contributed by atoms with Crippen molar-refractivity contribution in [3.8, 4) is 5.88 Å². The first-order valence-corrected chi connectivity index (χ1v) is 4.29. The van der Waals surface area contributed by atoms with Crippen molar-refractivity contribution >= 4 is 0 Å². The van der Waals surface area contributed by atoms with Crippen LogP contribution in [0.15, 0.2) is 18.6 Å². The third-order valence-corrected chi connectivity index (χ3v) is 1.75. The van der Waals surface area contributed by atoms with Gasteiger partial charge in [-0.3, -0.25) is 0 Å². The van der Waals surface area contributed by atoms with Crippen LogP contribution in [0.3, 0.4) is 0 Å². The lowest BCUT2D eigenvalue weighted by Crippen LogP contribution is -2.14. The molecule has 0 aliphatic heterocycles. The van der Waals surface area contributed by atoms with Gasteiger partial charge >= 0.3 is 0 Å². The zero-order valence-electron chi connectivity index (χ0n) is 7.53. The van der Waals surface area contributed by atoms with E-state index in [1.807, 2.05) is 0 Å². The fourth-order valence-electron chi connectivity index (χ4n) is 0.974. The minimum atomic E-state index is 0.278. The first-order chi connectivity index (χ1) is 5.86. The molecule has 3 heteroatoms. The summed E-state index contributed by atoms with van der Waals surface area (Å²) in [7, 11) is 0. The van der Waals surface area contributed by atoms with Gasteiger partial charge in [-0.25, -0.2) is 9.97 Å². The summed E-state index contributed by atoms with van der Waals surface area (Å²) in [5.74, 6) is 0.665. The Labute approximate surface area is 72.8 Å². The average molecular weight is 166 g/mol. The number of ether oxygens (including phenoxy) is 1. The lowest BCUT2D eigenvalue weighted by atomic mass is 10.2. The van der Waals surface area contributed by atoms with Crippen molar-refractivity contribution in [2.45, 2.75) is 32.8 Å². The van der Waals surface area contributed by atoms with Gasteiger partial charge in [0, 0.05) is 12.3 Å². The van der Waals surface area contributed by atoms with Crippen LogP contribution in [0.4, 0.5) is 0 Å². The summed E-state index contributed by atoms with van der Waals surface area (Å²) < 4.78 is 5.56. The van der Waals surface area contributed by atoms with Crippen molar-refractivity contribution < 1.29 is 4.74 Å². The molecular weight excluding hydrogens is 152 g/mol. The highest BCUT2D eigenvalue weighted by atomic mass is 16.5. The lowest BCUT2D eigenvalue weighted by molar-refractivity contribution is 0.184. The van der Waals surface area contributed by atoms with Crippen molar-refractivity contribution in [1.82, 2.24) is 9.97 Å². The van der Waals surface area contributed by atoms with E-state index in [0.717, 1.165) is 12.8 Å². The third-order valence-electron chi connectivity index (χ3n) is 1.75. The highest BCUT2D eigenvalue weighted by Crippen LogP contribution is 2.09. The van der Waals surface area contributed by atoms with E-state index in [1.165, 1.54) is 6.33 Å². The average Bonchev–Trinajstić information content (AvgIpc) is 2.16. The Morgan fingerprint density at radius 1 is 1.42 bits per heavy atom. The van der Waals surface area contributed by atoms with Gasteiger partial charge in [0.1, 0.15) is 6.33 Å². The molecule has 0 radical (unpaired) electrons. The molecule has 0 bridgehead atoms. The van der Waals surface area contributed by atoms with Crippen molar-refractivity contribution in [3.63, 3.8) is 0 Å². The summed E-state index contributed by atoms with van der Waals surface area (Å²) >= 11 is 0. The molecule has 3 nitrogen and oxygen atoms in total. The minimum absolute atomic E-state index is 0.278. The van der Waals surface area contributed by atoms with Crippen LogP contribution in [-0.4, -0.2) is 16.1 Å². The summed E-state index contributed by atoms with van der Waals surface area (Å²) in [6.45, 7) is 4.21. The first kappa shape index (κ1) is 8.97. The Balaban J connectivity index is 2.51. The molecule has 0 fully saturated rings. The maximum absolute atomic E-state index is 5.56. The zero-order valence-corrected chi connectivity index (χ0v) is 7.53. The second kappa shape index (κ2) is 4.70. The highest BCUT2D eigenvalue weighted by Gasteiger charge is 2.04. The van der Waals surface area contributed by atoms with Gasteiger partial charge in [0.05, 0.1) is 6.10 Å². The number of hydrogen-bond acceptors (Lipinski definition) is 3. The normalized spacial score (nSPS) is 10.2. The van der Waals surface area contributed by atoms with Crippen LogP contribution in [-0.2, 0) is 0 Å². The fourth-order valence-corrected chi connectivity index (χ4v) is 0.974. The van der Waals surface area contributed by atoms with Gasteiger partial charge in [0.15, 0.2) is 0 Å². The van der Waals surface area contributed by atoms with Crippen LogP contribution < -0.4 is 4.74 Å². The topological polar surface area (TPSA) is 35.0 Å². The number of aromatic nitrogens is 2. The summed E-state index contributed by atoms with van der Waals surface area (Å²) in [5, 5.41) is 0. The molecule has 0 aliphatic carbocycles. The van der Waals surface area contributed by atoms with Gasteiger partial charge in [0.25, 0.3) is 0 Å². The second-order valence-electron chi connectivity index (χ2n) is 2.60. The molecule has 0 aromatic carbocycles. The summed E-state index contributed by atoms with van der Waals surface area (Å²) in [6, 6.07) is 1.78. The molecule has 0 spiro atoms. The van der Waals surface area contributed by atoms with Gasteiger partial charge in [0.2, 0.25) is 5.88 Å². The molecule has 0 N–H and O–H groups in total. The standard InChI is InChI=1S/C9H14N2O/c1-3-8(4-2)12-9-5-6-10-7-11-9/h5-8H,3-4H2,1-2H3. The van der Waals surface area contributed by atoms with E-state index in [-0.39, 0.29) is 6.10 Å². The molecule has 12 heavy (non-hydrogen) atoms. The maximum Gasteiger partial charge on any atom is 0.216 e. The largest absolute Gasteiger partial charge is 0.474 e. The smallest absolute Gasteiger partial charge is 0.216 e. The summed E-state index contributed by atoms with van der Waals surface area (Å²) in [4.78, 5) is 7.79. The Hall–Kier alpha value is -1.12. The van der Waals surface area contributed by atoms with Crippen molar-refractivity contribution in [2.24, 2.45) is 0 Å². The number of nitrogens with zero attached hydrogens (tertiary/aromatic N) is 2. The Kier molecular flexibility index (Phi) is 3.51. The molecule has 1 heterocycles. The molecule has 1 aromatic heterocycles. The van der Waals surface area contributed by atoms with E-state index >= 15 is 0 Å². The molecular formula is C9H14N2O. The van der Waals surface area contributed by atoms with Crippen molar-refractivity contribution in [2.75, 3.05) is 0 Å². The Morgan fingerprint density at radius 2 is 2.17 bits per heavy atom. The van der Waals surface area contributed by atoms with Crippen LogP contribution >= 0.6 is 0 Å². The van der Waals surface area contributed by atoms with Gasteiger partial charge in [-0.1, -0.05) is 13.8 Å². The summed E-state index contributed by atoms with van der Waals surface area (Å²) in [6.07, 6.45) is 5.49. The maximum atomic E-state index is 5.56. The van der Waals surface area contributed by atoms with E-state index in [4.69, 9.17) is 4.74 Å². The van der Waals surface area contributed by atoms with Gasteiger partial charge < -0.3 is 4.74 Å². The van der Waals surface area contributed by atoms with E-state index in [1.54, 1.807) is 12.3 Å². The molecule has 1 rings (SSSR count). The molecule has 0 saturated heterocycles. The number of hydrogen-bond donors (Lipinski definition) is 0. The minimum Gasteiger partial charge on any atom is -0.474 e. The molecule has 0 unspecified atom stereocenters. The fraction of sp³-hybridized carbons (Fsp3) is 0.556. The van der Waals surface area contributed by atoms with Crippen molar-refractivity contribution in [1.29, 1.82) is 0 Å². The molecule has 66 valence electrons. The molecule has 1 aromatic rings. The lowest BCUT2D eigenvalue weighted by Gasteiger charge is -2.13. The van der Waals surface area contributed by atoms with Crippen LogP contribution in [0, 0.1) is 0 Å². The monoisotopic (exact) mass is 166 g/mol. The molecule has 0 saturated carbocycles. The van der Waals surface area contributed by atoms with E-state index in [2.05, 4.69) is 23.8 Å². The zero-order chi connectivity index (χ0) is 8.81. The Morgan fingerprint density at radius 3 is 2.67 bits per heavy atom. The second-order valence-corrected chi connectivity index (χ2v) is 2.60. The quantitative estimate of drug-likeness (QED) is 0.686. The predicted molar refractivity (Wildman–Crippen MR) is 47.0 cm³/mol. The highest BCUT2D eigenvalue weighted by molar-refractivity contribution is 5.04. The van der Waals surface area contributed by atoms with Gasteiger partial charge in [-0.2, -0.15) is 0 Å². The molecule has 0 amide bonds. The van der Waals surface area contributed by atoms with Gasteiger partial charge in [-0.05, 0) is 12.8 Å². The predicted octanol–water partition coefficient (Wildman–Crippen LogP) is 2.04. The number of rotatable bonds is 4. The SMILES string of the molecule is CCC(CC)Oc1ccncn1. The van der Waals surface area contributed by atoms with Crippen LogP contribution in [0.25, 0.3) is 0 Å². The molecule has 0 aliphatic rings. The van der Waals surface area contributed by atoms with Crippen LogP contribution in [0.1, 0.15) is 26.7 Å². The first-order valence-electron chi connectivity index (χ1n) is 4.29. The molecule has 0 atom stereocenters. The van der Waals surface area contributed by atoms with E-state index < -0.39 is 0 Å². The van der Waals surface area contributed by atoms with E-state index in [9.17, 15) is 0 Å². The van der Waals surface area contributed by atoms with E-state index in [0.29, 0.717) is 5.88 Å². The van der Waals surface area contributed by atoms with Crippen LogP contribution in [0.2, 0.25) is 0 Å². The van der Waals surface area contributed by atoms with Crippen LogP contribution in [0.5, 0.6) is 5.88 Å². The Bertz CT molecular complexity index is 209. The third kappa shape index (κ3) is 2.49. The van der Waals surface area contributed by atoms with Gasteiger partial charge in [-0.15, -0.1) is 0 Å².